The van der Waals surface area contributed by atoms with Gasteiger partial charge in [-0.2, -0.15) is 0 Å². The number of hydrogen-bond donors (Lipinski definition) is 4. The van der Waals surface area contributed by atoms with Crippen molar-refractivity contribution < 1.29 is 39.1 Å². The number of aliphatic hydroxyl groups is 2. The summed E-state index contributed by atoms with van der Waals surface area (Å²) in [4.78, 5) is 41.5. The van der Waals surface area contributed by atoms with Gasteiger partial charge in [0.2, 0.25) is 0 Å². The van der Waals surface area contributed by atoms with Crippen LogP contribution >= 0.6 is 0 Å². The number of ether oxygens (including phenoxy) is 2. The van der Waals surface area contributed by atoms with Crippen molar-refractivity contribution in [3.8, 4) is 0 Å². The maximum Gasteiger partial charge on any atom is 0.407 e. The van der Waals surface area contributed by atoms with Crippen molar-refractivity contribution in [1.29, 1.82) is 0 Å². The molecule has 0 unspecified atom stereocenters. The molecule has 2 fully saturated rings. The van der Waals surface area contributed by atoms with E-state index >= 15 is 0 Å². The summed E-state index contributed by atoms with van der Waals surface area (Å²) in [5.74, 6) is 0. The zero-order chi connectivity index (χ0) is 24.8. The predicted molar refractivity (Wildman–Crippen MR) is 113 cm³/mol. The van der Waals surface area contributed by atoms with E-state index in [4.69, 9.17) is 0 Å². The largest absolute Gasteiger partial charge is 0.447 e. The molecule has 2 saturated heterocycles. The number of nitro groups is 2. The van der Waals surface area contributed by atoms with Crippen LogP contribution in [0.2, 0.25) is 0 Å². The third-order valence-electron chi connectivity index (χ3n) is 5.05. The minimum Gasteiger partial charge on any atom is -0.447 e. The smallest absolute Gasteiger partial charge is 0.407 e. The zero-order valence-corrected chi connectivity index (χ0v) is 17.4. The van der Waals surface area contributed by atoms with E-state index < -0.39 is 46.3 Å². The molecule has 0 aromatic heterocycles. The Bertz CT molecular complexity index is 975. The number of nitrogens with zero attached hydrogens (tertiary/aromatic N) is 2. The molecule has 0 spiro atoms. The summed E-state index contributed by atoms with van der Waals surface area (Å²) in [7, 11) is 0. The van der Waals surface area contributed by atoms with Crippen LogP contribution in [0.25, 0.3) is 0 Å². The Morgan fingerprint density at radius 2 is 1.06 bits per heavy atom. The van der Waals surface area contributed by atoms with Gasteiger partial charge in [0.15, 0.2) is 0 Å². The molecule has 0 saturated carbocycles. The normalized spacial score (nSPS) is 20.5. The minimum atomic E-state index is -0.942. The van der Waals surface area contributed by atoms with Crippen LogP contribution in [0.15, 0.2) is 48.5 Å². The van der Waals surface area contributed by atoms with E-state index in [0.717, 1.165) is 0 Å². The Hall–Kier alpha value is -4.30. The van der Waals surface area contributed by atoms with Gasteiger partial charge < -0.3 is 30.3 Å². The van der Waals surface area contributed by atoms with Crippen molar-refractivity contribution in [2.45, 2.75) is 24.3 Å². The molecule has 34 heavy (non-hydrogen) atoms. The molecule has 2 heterocycles. The van der Waals surface area contributed by atoms with Gasteiger partial charge in [-0.1, -0.05) is 0 Å². The fourth-order valence-electron chi connectivity index (χ4n) is 3.19. The Morgan fingerprint density at radius 1 is 0.735 bits per heavy atom. The monoisotopic (exact) mass is 476 g/mol. The lowest BCUT2D eigenvalue weighted by atomic mass is 10.0. The molecule has 4 rings (SSSR count). The number of carbonyl (C=O) groups excluding carboxylic acids is 2. The number of amides is 2. The maximum absolute atomic E-state index is 10.8. The first-order valence-electron chi connectivity index (χ1n) is 9.87. The molecule has 0 radical (unpaired) electrons. The summed E-state index contributed by atoms with van der Waals surface area (Å²) < 4.78 is 9.30. The number of nitrogens with one attached hydrogen (secondary N) is 2. The first-order valence-corrected chi connectivity index (χ1v) is 9.87. The summed E-state index contributed by atoms with van der Waals surface area (Å²) in [5, 5.41) is 45.6. The average molecular weight is 476 g/mol. The highest BCUT2D eigenvalue weighted by molar-refractivity contribution is 5.70. The number of hydrogen-bond acceptors (Lipinski definition) is 10. The van der Waals surface area contributed by atoms with E-state index in [0.29, 0.717) is 11.1 Å². The first kappa shape index (κ1) is 24.3. The number of carbonyl (C=O) groups is 2. The van der Waals surface area contributed by atoms with Crippen LogP contribution in [-0.4, -0.2) is 57.5 Å². The van der Waals surface area contributed by atoms with Gasteiger partial charge in [0.1, 0.15) is 25.4 Å². The number of benzene rings is 2. The first-order chi connectivity index (χ1) is 16.2. The van der Waals surface area contributed by atoms with Crippen LogP contribution < -0.4 is 10.6 Å². The summed E-state index contributed by atoms with van der Waals surface area (Å²) >= 11 is 0. The van der Waals surface area contributed by atoms with E-state index in [1.165, 1.54) is 48.5 Å². The van der Waals surface area contributed by atoms with E-state index in [1.54, 1.807) is 0 Å². The summed E-state index contributed by atoms with van der Waals surface area (Å²) in [5.41, 5.74) is 0.887. The van der Waals surface area contributed by atoms with Crippen molar-refractivity contribution in [3.05, 3.63) is 79.9 Å². The fourth-order valence-corrected chi connectivity index (χ4v) is 3.19. The Kier molecular flexibility index (Phi) is 7.55. The van der Waals surface area contributed by atoms with Crippen LogP contribution in [0.4, 0.5) is 21.0 Å². The second kappa shape index (κ2) is 10.5. The summed E-state index contributed by atoms with van der Waals surface area (Å²) in [6, 6.07) is 9.97. The third-order valence-corrected chi connectivity index (χ3v) is 5.05. The van der Waals surface area contributed by atoms with Gasteiger partial charge in [0, 0.05) is 24.3 Å². The van der Waals surface area contributed by atoms with Crippen LogP contribution in [0.3, 0.4) is 0 Å². The highest BCUT2D eigenvalue weighted by atomic mass is 16.6. The van der Waals surface area contributed by atoms with E-state index in [9.17, 15) is 40.0 Å². The van der Waals surface area contributed by atoms with Gasteiger partial charge in [-0.3, -0.25) is 20.2 Å². The number of rotatable bonds is 6. The van der Waals surface area contributed by atoms with Crippen LogP contribution in [0.5, 0.6) is 0 Å². The van der Waals surface area contributed by atoms with Crippen molar-refractivity contribution in [2.24, 2.45) is 0 Å². The van der Waals surface area contributed by atoms with E-state index in [-0.39, 0.29) is 24.6 Å². The molecule has 4 atom stereocenters. The number of non-ortho nitro benzene ring substituents is 2. The van der Waals surface area contributed by atoms with Gasteiger partial charge in [-0.25, -0.2) is 9.59 Å². The van der Waals surface area contributed by atoms with Crippen LogP contribution in [-0.2, 0) is 9.47 Å². The molecule has 2 aromatic rings. The molecule has 180 valence electrons. The van der Waals surface area contributed by atoms with Crippen LogP contribution in [0.1, 0.15) is 23.3 Å². The number of nitro benzene ring substituents is 2. The van der Waals surface area contributed by atoms with E-state index in [2.05, 4.69) is 20.1 Å². The third kappa shape index (κ3) is 5.93. The molecule has 2 amide bonds. The van der Waals surface area contributed by atoms with Gasteiger partial charge in [0.05, 0.1) is 21.9 Å². The second-order valence-electron chi connectivity index (χ2n) is 7.29. The zero-order valence-electron chi connectivity index (χ0n) is 17.4. The quantitative estimate of drug-likeness (QED) is 0.349. The highest BCUT2D eigenvalue weighted by Gasteiger charge is 2.31. The number of cyclic esters (lactones) is 2. The summed E-state index contributed by atoms with van der Waals surface area (Å²) in [6.07, 6.45) is -3.03. The lowest BCUT2D eigenvalue weighted by Crippen LogP contribution is -2.32. The lowest BCUT2D eigenvalue weighted by molar-refractivity contribution is -0.385. The van der Waals surface area contributed by atoms with Gasteiger partial charge in [-0.05, 0) is 35.4 Å². The average Bonchev–Trinajstić information content (AvgIpc) is 3.47. The fraction of sp³-hybridized carbons (Fsp3) is 0.300. The van der Waals surface area contributed by atoms with Crippen molar-refractivity contribution in [3.63, 3.8) is 0 Å². The molecule has 2 aliphatic rings. The van der Waals surface area contributed by atoms with Gasteiger partial charge in [0.25, 0.3) is 11.4 Å². The maximum atomic E-state index is 10.8. The van der Waals surface area contributed by atoms with Crippen molar-refractivity contribution in [1.82, 2.24) is 10.6 Å². The lowest BCUT2D eigenvalue weighted by Gasteiger charge is -2.15. The topological polar surface area (TPSA) is 203 Å². The predicted octanol–water partition coefficient (Wildman–Crippen LogP) is 1.47. The standard InChI is InChI=1S/2C10H10N2O5/c2*13-9(8-5-17-10(14)11-8)6-1-3-7(4-2-6)12(15)16/h2*1-4,8-9,13H,5H2,(H,11,14)/t2*8-,9-/m11/s1. The molecule has 14 heteroatoms. The van der Waals surface area contributed by atoms with Crippen LogP contribution in [0, 0.1) is 20.2 Å². The molecule has 2 aliphatic heterocycles. The molecular formula is C20H20N4O10. The molecule has 4 N–H and O–H groups in total. The highest BCUT2D eigenvalue weighted by Crippen LogP contribution is 2.23. The Balaban J connectivity index is 0.000000191. The number of aliphatic hydroxyl groups excluding tert-OH is 2. The molecule has 0 bridgehead atoms. The van der Waals surface area contributed by atoms with Crippen molar-refractivity contribution in [2.75, 3.05) is 13.2 Å². The number of alkyl carbamates (subject to hydrolysis) is 2. The van der Waals surface area contributed by atoms with Gasteiger partial charge >= 0.3 is 12.2 Å². The molecular weight excluding hydrogens is 456 g/mol. The molecule has 14 nitrogen and oxygen atoms in total. The summed E-state index contributed by atoms with van der Waals surface area (Å²) in [6.45, 7) is 0.161. The van der Waals surface area contributed by atoms with Gasteiger partial charge in [-0.15, -0.1) is 0 Å². The molecule has 2 aromatic carbocycles. The van der Waals surface area contributed by atoms with E-state index in [1.807, 2.05) is 0 Å². The van der Waals surface area contributed by atoms with Crippen molar-refractivity contribution >= 4 is 23.6 Å². The minimum absolute atomic E-state index is 0.0485. The molecule has 0 aliphatic carbocycles. The second-order valence-corrected chi connectivity index (χ2v) is 7.29. The SMILES string of the molecule is O=C1N[C@@H]([C@H](O)c2ccc([N+](=O)[O-])cc2)CO1.O=C1N[C@@H]([C@H](O)c2ccc([N+](=O)[O-])cc2)CO1. The Morgan fingerprint density at radius 3 is 1.29 bits per heavy atom. The Labute approximate surface area is 191 Å².